The number of rotatable bonds is 5. The van der Waals surface area contributed by atoms with E-state index in [0.717, 1.165) is 17.1 Å². The minimum atomic E-state index is -0.0375. The Morgan fingerprint density at radius 3 is 2.86 bits per heavy atom. The fourth-order valence-electron chi connectivity index (χ4n) is 2.25. The van der Waals surface area contributed by atoms with Gasteiger partial charge in [0, 0.05) is 53.9 Å². The van der Waals surface area contributed by atoms with E-state index in [1.807, 2.05) is 42.1 Å². The zero-order valence-electron chi connectivity index (χ0n) is 12.2. The van der Waals surface area contributed by atoms with Crippen molar-refractivity contribution < 1.29 is 4.79 Å². The molecule has 3 aromatic rings. The van der Waals surface area contributed by atoms with E-state index < -0.39 is 0 Å². The van der Waals surface area contributed by atoms with Gasteiger partial charge in [0.25, 0.3) is 5.91 Å². The molecule has 0 bridgehead atoms. The van der Waals surface area contributed by atoms with Crippen molar-refractivity contribution >= 4 is 17.2 Å². The van der Waals surface area contributed by atoms with E-state index in [1.165, 1.54) is 11.3 Å². The maximum absolute atomic E-state index is 11.9. The van der Waals surface area contributed by atoms with Gasteiger partial charge >= 0.3 is 0 Å². The summed E-state index contributed by atoms with van der Waals surface area (Å²) in [5.41, 5.74) is 2.80. The van der Waals surface area contributed by atoms with Crippen LogP contribution in [0.5, 0.6) is 0 Å². The molecule has 112 valence electrons. The van der Waals surface area contributed by atoms with Gasteiger partial charge in [-0.15, -0.1) is 0 Å². The lowest BCUT2D eigenvalue weighted by molar-refractivity contribution is 0.0952. The number of hydrogen-bond acceptors (Lipinski definition) is 4. The predicted octanol–water partition coefficient (Wildman–Crippen LogP) is 2.75. The minimum Gasteiger partial charge on any atom is -0.350 e. The number of thiophene rings is 1. The SMILES string of the molecule is Cc1cnc(-c2ccncc2)n1CCNC(=O)c1ccsc1. The molecule has 1 amide bonds. The van der Waals surface area contributed by atoms with Gasteiger partial charge in [0.1, 0.15) is 5.82 Å². The first-order valence-electron chi connectivity index (χ1n) is 6.98. The second kappa shape index (κ2) is 6.53. The average Bonchev–Trinajstić information content (AvgIpc) is 3.19. The summed E-state index contributed by atoms with van der Waals surface area (Å²) in [7, 11) is 0. The van der Waals surface area contributed by atoms with E-state index >= 15 is 0 Å². The first kappa shape index (κ1) is 14.5. The highest BCUT2D eigenvalue weighted by Gasteiger charge is 2.10. The molecule has 0 fully saturated rings. The van der Waals surface area contributed by atoms with Gasteiger partial charge < -0.3 is 9.88 Å². The summed E-state index contributed by atoms with van der Waals surface area (Å²) in [4.78, 5) is 20.4. The summed E-state index contributed by atoms with van der Waals surface area (Å²) in [6.45, 7) is 3.25. The number of pyridine rings is 1. The first-order valence-corrected chi connectivity index (χ1v) is 7.93. The Morgan fingerprint density at radius 2 is 2.14 bits per heavy atom. The molecule has 3 rings (SSSR count). The van der Waals surface area contributed by atoms with Crippen LogP contribution in [0.4, 0.5) is 0 Å². The van der Waals surface area contributed by atoms with Gasteiger partial charge in [-0.2, -0.15) is 11.3 Å². The lowest BCUT2D eigenvalue weighted by atomic mass is 10.2. The summed E-state index contributed by atoms with van der Waals surface area (Å²) < 4.78 is 2.10. The van der Waals surface area contributed by atoms with Crippen LogP contribution in [0.25, 0.3) is 11.4 Å². The monoisotopic (exact) mass is 312 g/mol. The number of nitrogens with zero attached hydrogens (tertiary/aromatic N) is 3. The molecule has 0 aromatic carbocycles. The van der Waals surface area contributed by atoms with Gasteiger partial charge in [-0.05, 0) is 30.5 Å². The highest BCUT2D eigenvalue weighted by atomic mass is 32.1. The zero-order chi connectivity index (χ0) is 15.4. The van der Waals surface area contributed by atoms with Gasteiger partial charge in [0.05, 0.1) is 0 Å². The quantitative estimate of drug-likeness (QED) is 0.788. The maximum Gasteiger partial charge on any atom is 0.252 e. The van der Waals surface area contributed by atoms with E-state index in [1.54, 1.807) is 12.4 Å². The predicted molar refractivity (Wildman–Crippen MR) is 86.8 cm³/mol. The highest BCUT2D eigenvalue weighted by molar-refractivity contribution is 7.08. The Kier molecular flexibility index (Phi) is 4.29. The summed E-state index contributed by atoms with van der Waals surface area (Å²) in [6.07, 6.45) is 5.35. The van der Waals surface area contributed by atoms with Gasteiger partial charge in [-0.1, -0.05) is 0 Å². The smallest absolute Gasteiger partial charge is 0.252 e. The Bertz CT molecular complexity index is 750. The van der Waals surface area contributed by atoms with Gasteiger partial charge in [-0.25, -0.2) is 4.98 Å². The van der Waals surface area contributed by atoms with Crippen LogP contribution in [0.1, 0.15) is 16.1 Å². The third-order valence-corrected chi connectivity index (χ3v) is 4.08. The summed E-state index contributed by atoms with van der Waals surface area (Å²) in [5.74, 6) is 0.856. The molecule has 0 saturated heterocycles. The Labute approximate surface area is 132 Å². The van der Waals surface area contributed by atoms with E-state index in [0.29, 0.717) is 18.7 Å². The largest absolute Gasteiger partial charge is 0.350 e. The standard InChI is InChI=1S/C16H16N4OS/c1-12-10-19-15(13-2-5-17-6-3-13)20(12)8-7-18-16(21)14-4-9-22-11-14/h2-6,9-11H,7-8H2,1H3,(H,18,21). The van der Waals surface area contributed by atoms with Crippen LogP contribution >= 0.6 is 11.3 Å². The second-order valence-electron chi connectivity index (χ2n) is 4.88. The number of aromatic nitrogens is 3. The van der Waals surface area contributed by atoms with Crippen LogP contribution in [0, 0.1) is 6.92 Å². The summed E-state index contributed by atoms with van der Waals surface area (Å²) in [5, 5.41) is 6.68. The molecule has 0 saturated carbocycles. The molecular weight excluding hydrogens is 296 g/mol. The number of imidazole rings is 1. The van der Waals surface area contributed by atoms with Crippen molar-refractivity contribution in [1.29, 1.82) is 0 Å². The number of nitrogens with one attached hydrogen (secondary N) is 1. The van der Waals surface area contributed by atoms with Crippen molar-refractivity contribution in [3.05, 3.63) is 58.8 Å². The Balaban J connectivity index is 1.68. The molecule has 22 heavy (non-hydrogen) atoms. The number of amides is 1. The molecule has 0 aliphatic rings. The molecule has 3 heterocycles. The number of carbonyl (C=O) groups is 1. The minimum absolute atomic E-state index is 0.0375. The third-order valence-electron chi connectivity index (χ3n) is 3.40. The molecular formula is C16H16N4OS. The molecule has 0 spiro atoms. The topological polar surface area (TPSA) is 59.8 Å². The first-order chi connectivity index (χ1) is 10.8. The normalized spacial score (nSPS) is 10.6. The zero-order valence-corrected chi connectivity index (χ0v) is 13.0. The van der Waals surface area contributed by atoms with Crippen molar-refractivity contribution in [2.45, 2.75) is 13.5 Å². The number of aryl methyl sites for hydroxylation is 1. The average molecular weight is 312 g/mol. The van der Waals surface area contributed by atoms with E-state index in [4.69, 9.17) is 0 Å². The number of hydrogen-bond donors (Lipinski definition) is 1. The Hall–Kier alpha value is -2.47. The fraction of sp³-hybridized carbons (Fsp3) is 0.188. The van der Waals surface area contributed by atoms with E-state index in [-0.39, 0.29) is 5.91 Å². The lowest BCUT2D eigenvalue weighted by Crippen LogP contribution is -2.27. The van der Waals surface area contributed by atoms with Crippen molar-refractivity contribution in [1.82, 2.24) is 19.9 Å². The molecule has 0 aliphatic heterocycles. The van der Waals surface area contributed by atoms with Crippen molar-refractivity contribution in [2.75, 3.05) is 6.54 Å². The molecule has 3 aromatic heterocycles. The van der Waals surface area contributed by atoms with Crippen LogP contribution in [0.3, 0.4) is 0 Å². The van der Waals surface area contributed by atoms with Gasteiger partial charge in [-0.3, -0.25) is 9.78 Å². The van der Waals surface area contributed by atoms with Crippen LogP contribution in [-0.2, 0) is 6.54 Å². The third kappa shape index (κ3) is 3.07. The van der Waals surface area contributed by atoms with Crippen molar-refractivity contribution in [3.8, 4) is 11.4 Å². The van der Waals surface area contributed by atoms with Gasteiger partial charge in [0.15, 0.2) is 0 Å². The lowest BCUT2D eigenvalue weighted by Gasteiger charge is -2.11. The highest BCUT2D eigenvalue weighted by Crippen LogP contribution is 2.18. The van der Waals surface area contributed by atoms with E-state index in [9.17, 15) is 4.79 Å². The maximum atomic E-state index is 11.9. The summed E-state index contributed by atoms with van der Waals surface area (Å²) in [6, 6.07) is 5.69. The molecule has 0 radical (unpaired) electrons. The second-order valence-corrected chi connectivity index (χ2v) is 5.66. The van der Waals surface area contributed by atoms with Crippen molar-refractivity contribution in [3.63, 3.8) is 0 Å². The fourth-order valence-corrected chi connectivity index (χ4v) is 2.89. The molecule has 5 nitrogen and oxygen atoms in total. The summed E-state index contributed by atoms with van der Waals surface area (Å²) >= 11 is 1.52. The molecule has 0 aliphatic carbocycles. The van der Waals surface area contributed by atoms with Crippen LogP contribution in [0.2, 0.25) is 0 Å². The molecule has 0 atom stereocenters. The Morgan fingerprint density at radius 1 is 1.32 bits per heavy atom. The molecule has 0 unspecified atom stereocenters. The van der Waals surface area contributed by atoms with Crippen LogP contribution in [0.15, 0.2) is 47.5 Å². The molecule has 6 heteroatoms. The van der Waals surface area contributed by atoms with Gasteiger partial charge in [0.2, 0.25) is 0 Å². The molecule has 1 N–H and O–H groups in total. The van der Waals surface area contributed by atoms with E-state index in [2.05, 4.69) is 19.9 Å². The number of carbonyl (C=O) groups excluding carboxylic acids is 1. The van der Waals surface area contributed by atoms with Crippen LogP contribution < -0.4 is 5.32 Å². The van der Waals surface area contributed by atoms with Crippen LogP contribution in [-0.4, -0.2) is 27.0 Å². The van der Waals surface area contributed by atoms with Crippen molar-refractivity contribution in [2.24, 2.45) is 0 Å².